The van der Waals surface area contributed by atoms with Gasteiger partial charge in [-0.05, 0) is 42.6 Å². The van der Waals surface area contributed by atoms with Crippen molar-refractivity contribution in [2.45, 2.75) is 63.6 Å². The minimum absolute atomic E-state index is 0.0966. The molecule has 6 nitrogen and oxygen atoms in total. The molecule has 4 saturated carbocycles. The Bertz CT molecular complexity index is 717. The first-order valence-electron chi connectivity index (χ1n) is 9.71. The highest BCUT2D eigenvalue weighted by atomic mass is 16.6. The Morgan fingerprint density at radius 2 is 1.81 bits per heavy atom. The molecule has 0 aromatic rings. The zero-order valence-corrected chi connectivity index (χ0v) is 15.3. The van der Waals surface area contributed by atoms with E-state index in [2.05, 4.69) is 6.58 Å². The Labute approximate surface area is 152 Å². The zero-order chi connectivity index (χ0) is 18.9. The third-order valence-corrected chi connectivity index (χ3v) is 8.88. The van der Waals surface area contributed by atoms with E-state index in [1.807, 2.05) is 13.8 Å². The monoisotopic (exact) mass is 364 g/mol. The quantitative estimate of drug-likeness (QED) is 0.463. The lowest BCUT2D eigenvalue weighted by Gasteiger charge is -2.74. The van der Waals surface area contributed by atoms with E-state index in [0.29, 0.717) is 24.8 Å². The summed E-state index contributed by atoms with van der Waals surface area (Å²) in [4.78, 5) is 13.3. The van der Waals surface area contributed by atoms with Crippen molar-refractivity contribution < 1.29 is 30.0 Å². The van der Waals surface area contributed by atoms with E-state index in [1.54, 1.807) is 0 Å². The van der Waals surface area contributed by atoms with Crippen LogP contribution >= 0.6 is 0 Å². The van der Waals surface area contributed by atoms with Gasteiger partial charge in [-0.2, -0.15) is 0 Å². The van der Waals surface area contributed by atoms with Crippen molar-refractivity contribution in [2.24, 2.45) is 34.0 Å². The topological polar surface area (TPSA) is 107 Å². The first-order valence-corrected chi connectivity index (χ1v) is 9.71. The number of Topliss-reactive ketones (excluding diaryl/α,β-unsaturated/α-hetero) is 1. The molecule has 4 bridgehead atoms. The van der Waals surface area contributed by atoms with Gasteiger partial charge >= 0.3 is 0 Å². The molecule has 2 saturated heterocycles. The number of carbonyl (C=O) groups excluding carboxylic acids is 1. The van der Waals surface area contributed by atoms with Crippen molar-refractivity contribution in [1.29, 1.82) is 0 Å². The molecule has 0 aromatic heterocycles. The van der Waals surface area contributed by atoms with Gasteiger partial charge in [0.2, 0.25) is 5.79 Å². The van der Waals surface area contributed by atoms with Crippen LogP contribution in [0.15, 0.2) is 12.2 Å². The summed E-state index contributed by atoms with van der Waals surface area (Å²) in [6, 6.07) is 0. The van der Waals surface area contributed by atoms with E-state index >= 15 is 0 Å². The van der Waals surface area contributed by atoms with Crippen LogP contribution in [0.25, 0.3) is 0 Å². The van der Waals surface area contributed by atoms with Crippen LogP contribution in [0.2, 0.25) is 0 Å². The number of ether oxygens (including phenoxy) is 1. The second kappa shape index (κ2) is 4.61. The van der Waals surface area contributed by atoms with Gasteiger partial charge in [-0.25, -0.2) is 0 Å². The fraction of sp³-hybridized carbons (Fsp3) is 0.850. The van der Waals surface area contributed by atoms with E-state index in [9.17, 15) is 25.2 Å². The molecule has 0 radical (unpaired) electrons. The molecule has 4 N–H and O–H groups in total. The summed E-state index contributed by atoms with van der Waals surface area (Å²) >= 11 is 0. The van der Waals surface area contributed by atoms with Gasteiger partial charge in [0.1, 0.15) is 11.5 Å². The largest absolute Gasteiger partial charge is 0.392 e. The highest BCUT2D eigenvalue weighted by Crippen LogP contribution is 2.76. The highest BCUT2D eigenvalue weighted by Gasteiger charge is 2.86. The average molecular weight is 364 g/mol. The minimum atomic E-state index is -2.15. The smallest absolute Gasteiger partial charge is 0.208 e. The molecule has 0 amide bonds. The van der Waals surface area contributed by atoms with Gasteiger partial charge in [0, 0.05) is 17.3 Å². The van der Waals surface area contributed by atoms with Crippen molar-refractivity contribution in [1.82, 2.24) is 0 Å². The molecular formula is C20H28O6. The molecule has 0 unspecified atom stereocenters. The van der Waals surface area contributed by atoms with Crippen LogP contribution in [-0.2, 0) is 9.53 Å². The van der Waals surface area contributed by atoms with E-state index in [4.69, 9.17) is 4.74 Å². The maximum absolute atomic E-state index is 13.3. The predicted octanol–water partition coefficient (Wildman–Crippen LogP) is 0.376. The number of hydrogen-bond acceptors (Lipinski definition) is 6. The summed E-state index contributed by atoms with van der Waals surface area (Å²) in [5.41, 5.74) is -2.49. The van der Waals surface area contributed by atoms with E-state index in [0.717, 1.165) is 6.42 Å². The van der Waals surface area contributed by atoms with Gasteiger partial charge in [0.15, 0.2) is 5.78 Å². The first kappa shape index (κ1) is 17.3. The van der Waals surface area contributed by atoms with E-state index in [1.165, 1.54) is 0 Å². The van der Waals surface area contributed by atoms with Crippen LogP contribution in [-0.4, -0.2) is 56.9 Å². The Morgan fingerprint density at radius 3 is 2.50 bits per heavy atom. The standard InChI is InChI=1S/C20H28O6/c1-9-10-4-5-11-18-8-26-20(25,19(11,14(9)22)15(10)23)16(24)13(18)17(2,3)7-6-12(18)21/h10-13,15-16,21,23-25H,1,4-8H2,2-3H3/t10-,11-,12-,13+,15-,16-,18+,19-,20-/m0/s1. The van der Waals surface area contributed by atoms with Crippen LogP contribution in [0.5, 0.6) is 0 Å². The number of fused-ring (bicyclic) bond motifs is 2. The number of aliphatic hydroxyl groups excluding tert-OH is 3. The molecule has 2 spiro atoms. The van der Waals surface area contributed by atoms with Crippen LogP contribution in [0.3, 0.4) is 0 Å². The SMILES string of the molecule is C=C1C(=O)[C@]23[C@@H](O)[C@H]1CC[C@H]2[C@@]12CO[C@@]3(O)[C@@H](O)[C@@H]1C(C)(C)CC[C@@H]2O. The van der Waals surface area contributed by atoms with Crippen LogP contribution < -0.4 is 0 Å². The molecule has 144 valence electrons. The summed E-state index contributed by atoms with van der Waals surface area (Å²) in [6.07, 6.45) is -0.747. The predicted molar refractivity (Wildman–Crippen MR) is 90.7 cm³/mol. The summed E-state index contributed by atoms with van der Waals surface area (Å²) in [6.45, 7) is 8.07. The Kier molecular flexibility index (Phi) is 3.07. The lowest BCUT2D eigenvalue weighted by Crippen LogP contribution is -2.85. The average Bonchev–Trinajstić information content (AvgIpc) is 2.69. The molecule has 6 fully saturated rings. The molecule has 6 aliphatic rings. The third-order valence-electron chi connectivity index (χ3n) is 8.88. The van der Waals surface area contributed by atoms with Crippen LogP contribution in [0.4, 0.5) is 0 Å². The van der Waals surface area contributed by atoms with Crippen LogP contribution in [0, 0.1) is 34.0 Å². The first-order chi connectivity index (χ1) is 12.1. The normalized spacial score (nSPS) is 59.9. The van der Waals surface area contributed by atoms with Gasteiger partial charge in [-0.1, -0.05) is 20.4 Å². The molecule has 2 heterocycles. The second-order valence-corrected chi connectivity index (χ2v) is 9.97. The molecule has 26 heavy (non-hydrogen) atoms. The van der Waals surface area contributed by atoms with E-state index in [-0.39, 0.29) is 12.0 Å². The fourth-order valence-corrected chi connectivity index (χ4v) is 7.90. The Hall–Kier alpha value is -0.790. The van der Waals surface area contributed by atoms with E-state index < -0.39 is 58.5 Å². The number of carbonyl (C=O) groups is 1. The summed E-state index contributed by atoms with van der Waals surface area (Å²) in [7, 11) is 0. The number of hydrogen-bond donors (Lipinski definition) is 4. The van der Waals surface area contributed by atoms with Crippen molar-refractivity contribution >= 4 is 5.78 Å². The molecule has 2 aliphatic heterocycles. The van der Waals surface area contributed by atoms with Gasteiger partial charge in [-0.15, -0.1) is 0 Å². The lowest BCUT2D eigenvalue weighted by atomic mass is 9.35. The molecule has 9 atom stereocenters. The van der Waals surface area contributed by atoms with Gasteiger partial charge in [-0.3, -0.25) is 4.79 Å². The number of ketones is 1. The number of rotatable bonds is 0. The maximum atomic E-state index is 13.3. The maximum Gasteiger partial charge on any atom is 0.208 e. The molecule has 6 heteroatoms. The Morgan fingerprint density at radius 1 is 1.12 bits per heavy atom. The second-order valence-electron chi connectivity index (χ2n) is 9.97. The lowest BCUT2D eigenvalue weighted by molar-refractivity contribution is -0.458. The highest BCUT2D eigenvalue weighted by molar-refractivity contribution is 6.05. The van der Waals surface area contributed by atoms with Crippen molar-refractivity contribution in [2.75, 3.05) is 6.61 Å². The molecule has 0 aromatic carbocycles. The van der Waals surface area contributed by atoms with Crippen molar-refractivity contribution in [3.63, 3.8) is 0 Å². The van der Waals surface area contributed by atoms with Gasteiger partial charge < -0.3 is 25.2 Å². The molecule has 6 rings (SSSR count). The third kappa shape index (κ3) is 1.41. The van der Waals surface area contributed by atoms with Gasteiger partial charge in [0.05, 0.1) is 18.8 Å². The van der Waals surface area contributed by atoms with Crippen LogP contribution in [0.1, 0.15) is 39.5 Å². The summed E-state index contributed by atoms with van der Waals surface area (Å²) in [5.74, 6) is -3.80. The molecule has 4 aliphatic carbocycles. The number of aliphatic hydroxyl groups is 4. The minimum Gasteiger partial charge on any atom is -0.392 e. The Balaban J connectivity index is 1.81. The summed E-state index contributed by atoms with van der Waals surface area (Å²) < 4.78 is 5.80. The zero-order valence-electron chi connectivity index (χ0n) is 15.3. The van der Waals surface area contributed by atoms with Gasteiger partial charge in [0.25, 0.3) is 0 Å². The summed E-state index contributed by atoms with van der Waals surface area (Å²) in [5, 5.41) is 45.1. The van der Waals surface area contributed by atoms with Crippen molar-refractivity contribution in [3.8, 4) is 0 Å². The van der Waals surface area contributed by atoms with Crippen molar-refractivity contribution in [3.05, 3.63) is 12.2 Å². The fourth-order valence-electron chi connectivity index (χ4n) is 7.90. The molecular weight excluding hydrogens is 336 g/mol.